The summed E-state index contributed by atoms with van der Waals surface area (Å²) < 4.78 is 8.72. The van der Waals surface area contributed by atoms with Crippen LogP contribution in [0.2, 0.25) is 0 Å². The lowest BCUT2D eigenvalue weighted by Gasteiger charge is -1.97. The van der Waals surface area contributed by atoms with Crippen LogP contribution in [0.3, 0.4) is 0 Å². The van der Waals surface area contributed by atoms with Crippen molar-refractivity contribution in [3.8, 4) is 0 Å². The third-order valence-electron chi connectivity index (χ3n) is 0.507. The Labute approximate surface area is 47.6 Å². The summed E-state index contributed by atoms with van der Waals surface area (Å²) in [6.07, 6.45) is 0. The van der Waals surface area contributed by atoms with E-state index in [4.69, 9.17) is 5.73 Å². The average Bonchev–Trinajstić information content (AvgIpc) is 1.68. The molecule has 48 valence electrons. The predicted molar refractivity (Wildman–Crippen MR) is 27.0 cm³/mol. The Morgan fingerprint density at radius 1 is 1.75 bits per heavy atom. The molecule has 0 radical (unpaired) electrons. The van der Waals surface area contributed by atoms with Gasteiger partial charge in [0.05, 0.1) is 0 Å². The van der Waals surface area contributed by atoms with E-state index in [-0.39, 0.29) is 13.3 Å². The SMILES string of the molecule is COCC(=O)OCN. The number of hydrogen-bond donors (Lipinski definition) is 1. The van der Waals surface area contributed by atoms with Gasteiger partial charge in [-0.1, -0.05) is 0 Å². The third-order valence-corrected chi connectivity index (χ3v) is 0.507. The molecule has 8 heavy (non-hydrogen) atoms. The molecule has 2 N–H and O–H groups in total. The van der Waals surface area contributed by atoms with Crippen LogP contribution in [0.4, 0.5) is 0 Å². The standard InChI is InChI=1S/C4H9NO3/c1-7-2-4(6)8-3-5/h2-3,5H2,1H3. The molecule has 4 heteroatoms. The van der Waals surface area contributed by atoms with Crippen LogP contribution in [0.25, 0.3) is 0 Å². The minimum Gasteiger partial charge on any atom is -0.448 e. The number of esters is 1. The monoisotopic (exact) mass is 119 g/mol. The molecule has 4 nitrogen and oxygen atoms in total. The van der Waals surface area contributed by atoms with Crippen molar-refractivity contribution in [2.75, 3.05) is 20.4 Å². The van der Waals surface area contributed by atoms with Crippen LogP contribution in [0.15, 0.2) is 0 Å². The van der Waals surface area contributed by atoms with E-state index in [0.717, 1.165) is 0 Å². The summed E-state index contributed by atoms with van der Waals surface area (Å²) in [7, 11) is 1.41. The largest absolute Gasteiger partial charge is 0.448 e. The van der Waals surface area contributed by atoms with E-state index in [0.29, 0.717) is 0 Å². The maximum atomic E-state index is 10.2. The molecule has 0 fully saturated rings. The zero-order chi connectivity index (χ0) is 6.41. The van der Waals surface area contributed by atoms with Gasteiger partial charge in [-0.2, -0.15) is 0 Å². The number of carbonyl (C=O) groups excluding carboxylic acids is 1. The van der Waals surface area contributed by atoms with Crippen LogP contribution in [0.1, 0.15) is 0 Å². The highest BCUT2D eigenvalue weighted by Crippen LogP contribution is 1.73. The number of methoxy groups -OCH3 is 1. The molecular formula is C4H9NO3. The van der Waals surface area contributed by atoms with E-state index in [1.807, 2.05) is 0 Å². The maximum Gasteiger partial charge on any atom is 0.333 e. The van der Waals surface area contributed by atoms with Crippen molar-refractivity contribution in [3.05, 3.63) is 0 Å². The zero-order valence-electron chi connectivity index (χ0n) is 4.72. The Balaban J connectivity index is 3.06. The molecule has 0 amide bonds. The Morgan fingerprint density at radius 3 is 2.75 bits per heavy atom. The Kier molecular flexibility index (Phi) is 4.20. The van der Waals surface area contributed by atoms with Crippen molar-refractivity contribution >= 4 is 5.97 Å². The fraction of sp³-hybridized carbons (Fsp3) is 0.750. The zero-order valence-corrected chi connectivity index (χ0v) is 4.72. The molecule has 0 rings (SSSR count). The van der Waals surface area contributed by atoms with Gasteiger partial charge in [-0.3, -0.25) is 5.73 Å². The van der Waals surface area contributed by atoms with Gasteiger partial charge in [0.15, 0.2) is 0 Å². The van der Waals surface area contributed by atoms with Crippen molar-refractivity contribution in [3.63, 3.8) is 0 Å². The van der Waals surface area contributed by atoms with E-state index >= 15 is 0 Å². The second kappa shape index (κ2) is 4.55. The first-order valence-corrected chi connectivity index (χ1v) is 2.16. The summed E-state index contributed by atoms with van der Waals surface area (Å²) in [6, 6.07) is 0. The van der Waals surface area contributed by atoms with Gasteiger partial charge in [0.2, 0.25) is 0 Å². The summed E-state index contributed by atoms with van der Waals surface area (Å²) in [5.74, 6) is -0.435. The molecule has 0 saturated carbocycles. The van der Waals surface area contributed by atoms with E-state index in [1.54, 1.807) is 0 Å². The number of carbonyl (C=O) groups is 1. The van der Waals surface area contributed by atoms with Crippen molar-refractivity contribution < 1.29 is 14.3 Å². The molecule has 0 aliphatic heterocycles. The molecule has 0 aromatic rings. The van der Waals surface area contributed by atoms with Gasteiger partial charge in [0, 0.05) is 7.11 Å². The van der Waals surface area contributed by atoms with E-state index in [2.05, 4.69) is 9.47 Å². The van der Waals surface area contributed by atoms with Gasteiger partial charge < -0.3 is 9.47 Å². The molecule has 0 unspecified atom stereocenters. The summed E-state index contributed by atoms with van der Waals surface area (Å²) in [6.45, 7) is -0.112. The lowest BCUT2D eigenvalue weighted by Crippen LogP contribution is -2.15. The lowest BCUT2D eigenvalue weighted by atomic mass is 10.7. The quantitative estimate of drug-likeness (QED) is 0.386. The van der Waals surface area contributed by atoms with Gasteiger partial charge in [-0.15, -0.1) is 0 Å². The fourth-order valence-electron chi connectivity index (χ4n) is 0.252. The maximum absolute atomic E-state index is 10.2. The molecule has 0 aromatic heterocycles. The topological polar surface area (TPSA) is 61.5 Å². The second-order valence-corrected chi connectivity index (χ2v) is 1.12. The average molecular weight is 119 g/mol. The highest BCUT2D eigenvalue weighted by molar-refractivity contribution is 5.70. The number of hydrogen-bond acceptors (Lipinski definition) is 4. The van der Waals surface area contributed by atoms with Crippen LogP contribution < -0.4 is 5.73 Å². The Hall–Kier alpha value is -0.610. The smallest absolute Gasteiger partial charge is 0.333 e. The lowest BCUT2D eigenvalue weighted by molar-refractivity contribution is -0.147. The Bertz CT molecular complexity index is 65.7. The highest BCUT2D eigenvalue weighted by Gasteiger charge is 1.96. The fourth-order valence-corrected chi connectivity index (χ4v) is 0.252. The number of ether oxygens (including phenoxy) is 2. The van der Waals surface area contributed by atoms with Gasteiger partial charge >= 0.3 is 5.97 Å². The predicted octanol–water partition coefficient (Wildman–Crippen LogP) is -0.908. The first-order valence-electron chi connectivity index (χ1n) is 2.16. The summed E-state index contributed by atoms with van der Waals surface area (Å²) >= 11 is 0. The van der Waals surface area contributed by atoms with Crippen molar-refractivity contribution in [2.45, 2.75) is 0 Å². The van der Waals surface area contributed by atoms with Crippen molar-refractivity contribution in [2.24, 2.45) is 5.73 Å². The molecule has 0 atom stereocenters. The first kappa shape index (κ1) is 7.39. The highest BCUT2D eigenvalue weighted by atomic mass is 16.6. The summed E-state index contributed by atoms with van der Waals surface area (Å²) in [5.41, 5.74) is 4.86. The molecule has 0 aliphatic rings. The van der Waals surface area contributed by atoms with Crippen LogP contribution in [0, 0.1) is 0 Å². The third kappa shape index (κ3) is 3.58. The molecule has 0 aromatic carbocycles. The van der Waals surface area contributed by atoms with Gasteiger partial charge in [0.1, 0.15) is 13.3 Å². The number of rotatable bonds is 3. The summed E-state index contributed by atoms with van der Waals surface area (Å²) in [4.78, 5) is 10.2. The van der Waals surface area contributed by atoms with E-state index < -0.39 is 5.97 Å². The van der Waals surface area contributed by atoms with Crippen molar-refractivity contribution in [1.82, 2.24) is 0 Å². The van der Waals surface area contributed by atoms with Gasteiger partial charge in [-0.25, -0.2) is 4.79 Å². The van der Waals surface area contributed by atoms with Crippen LogP contribution >= 0.6 is 0 Å². The van der Waals surface area contributed by atoms with Gasteiger partial charge in [-0.05, 0) is 0 Å². The number of nitrogens with two attached hydrogens (primary N) is 1. The molecule has 0 heterocycles. The molecule has 0 spiro atoms. The van der Waals surface area contributed by atoms with Crippen LogP contribution in [0.5, 0.6) is 0 Å². The van der Waals surface area contributed by atoms with E-state index in [1.165, 1.54) is 7.11 Å². The van der Waals surface area contributed by atoms with Crippen molar-refractivity contribution in [1.29, 1.82) is 0 Å². The molecule has 0 aliphatic carbocycles. The first-order chi connectivity index (χ1) is 3.81. The normalized spacial score (nSPS) is 8.75. The Morgan fingerprint density at radius 2 is 2.38 bits per heavy atom. The van der Waals surface area contributed by atoms with Crippen LogP contribution in [-0.4, -0.2) is 26.4 Å². The summed E-state index contributed by atoms with van der Waals surface area (Å²) in [5, 5.41) is 0. The van der Waals surface area contributed by atoms with E-state index in [9.17, 15) is 4.79 Å². The molecule has 0 bridgehead atoms. The molecule has 0 saturated heterocycles. The molecular weight excluding hydrogens is 110 g/mol. The second-order valence-electron chi connectivity index (χ2n) is 1.12. The minimum absolute atomic E-state index is 0.0306. The van der Waals surface area contributed by atoms with Gasteiger partial charge in [0.25, 0.3) is 0 Å². The van der Waals surface area contributed by atoms with Crippen LogP contribution in [-0.2, 0) is 14.3 Å². The minimum atomic E-state index is -0.435.